The number of nitrogens with zero attached hydrogens (tertiary/aromatic N) is 3. The zero-order chi connectivity index (χ0) is 32.9. The smallest absolute Gasteiger partial charge is 0.279 e. The van der Waals surface area contributed by atoms with Gasteiger partial charge < -0.3 is 19.5 Å². The lowest BCUT2D eigenvalue weighted by atomic mass is 9.82. The number of aliphatic hydroxyl groups is 1. The largest absolute Gasteiger partial charge is 0.497 e. The van der Waals surface area contributed by atoms with Gasteiger partial charge in [0.1, 0.15) is 5.75 Å². The maximum atomic E-state index is 14.8. The highest BCUT2D eigenvalue weighted by Gasteiger charge is 2.66. The van der Waals surface area contributed by atoms with Gasteiger partial charge >= 0.3 is 0 Å². The molecule has 4 atom stereocenters. The van der Waals surface area contributed by atoms with Gasteiger partial charge in [-0.05, 0) is 53.9 Å². The van der Waals surface area contributed by atoms with Crippen LogP contribution in [0.1, 0.15) is 24.5 Å². The minimum absolute atomic E-state index is 0.0158. The molecule has 3 heterocycles. The second-order valence-electron chi connectivity index (χ2n) is 13.2. The second-order valence-corrected chi connectivity index (χ2v) is 17.9. The maximum absolute atomic E-state index is 14.8. The van der Waals surface area contributed by atoms with E-state index in [1.54, 1.807) is 19.4 Å². The quantitative estimate of drug-likeness (QED) is 0.223. The number of carbonyl (C=O) groups is 1. The van der Waals surface area contributed by atoms with Crippen LogP contribution in [0.2, 0.25) is 18.6 Å². The van der Waals surface area contributed by atoms with Crippen LogP contribution in [0.4, 0.5) is 5.69 Å². The molecule has 47 heavy (non-hydrogen) atoms. The predicted octanol–water partition coefficient (Wildman–Crippen LogP) is 5.54. The number of hydrogen-bond acceptors (Lipinski definition) is 6. The van der Waals surface area contributed by atoms with Gasteiger partial charge in [0.25, 0.3) is 11.5 Å². The van der Waals surface area contributed by atoms with Crippen LogP contribution in [0.15, 0.2) is 108 Å². The van der Waals surface area contributed by atoms with Crippen molar-refractivity contribution in [3.63, 3.8) is 0 Å². The number of amides is 1. The number of aliphatic hydroxyl groups excluding tert-OH is 1. The van der Waals surface area contributed by atoms with E-state index >= 15 is 0 Å². The Bertz CT molecular complexity index is 2010. The molecule has 1 N–H and O–H groups in total. The number of carbonyl (C=O) groups excluding carboxylic acids is 1. The molecule has 4 aromatic carbocycles. The normalized spacial score (nSPS) is 22.3. The molecule has 9 heteroatoms. The summed E-state index contributed by atoms with van der Waals surface area (Å²) in [5.41, 5.74) is 2.04. The first kappa shape index (κ1) is 31.0. The first-order valence-electron chi connectivity index (χ1n) is 16.1. The van der Waals surface area contributed by atoms with Crippen molar-refractivity contribution in [1.82, 2.24) is 9.78 Å². The molecule has 1 fully saturated rings. The van der Waals surface area contributed by atoms with Crippen molar-refractivity contribution in [3.8, 4) is 11.4 Å². The lowest BCUT2D eigenvalue weighted by molar-refractivity contribution is -0.146. The van der Waals surface area contributed by atoms with Crippen LogP contribution in [0.3, 0.4) is 0 Å². The van der Waals surface area contributed by atoms with Crippen LogP contribution in [-0.2, 0) is 21.7 Å². The fraction of sp³-hybridized carbons (Fsp3) is 0.289. The number of hydrogen-bond donors (Lipinski definition) is 1. The van der Waals surface area contributed by atoms with Crippen molar-refractivity contribution >= 4 is 35.6 Å². The lowest BCUT2D eigenvalue weighted by Crippen LogP contribution is -2.51. The van der Waals surface area contributed by atoms with Crippen LogP contribution < -0.4 is 20.4 Å². The minimum atomic E-state index is -2.24. The molecule has 0 unspecified atom stereocenters. The van der Waals surface area contributed by atoms with Crippen molar-refractivity contribution in [2.75, 3.05) is 18.6 Å². The average molecular weight is 646 g/mol. The van der Waals surface area contributed by atoms with Crippen LogP contribution in [0.25, 0.3) is 16.5 Å². The third-order valence-electron chi connectivity index (χ3n) is 10.4. The predicted molar refractivity (Wildman–Crippen MR) is 186 cm³/mol. The van der Waals surface area contributed by atoms with Crippen molar-refractivity contribution in [1.29, 1.82) is 0 Å². The number of fused-ring (bicyclic) bond motifs is 3. The highest BCUT2D eigenvalue weighted by molar-refractivity contribution is 6.91. The van der Waals surface area contributed by atoms with Gasteiger partial charge in [0.15, 0.2) is 5.60 Å². The van der Waals surface area contributed by atoms with Gasteiger partial charge in [-0.25, -0.2) is 0 Å². The van der Waals surface area contributed by atoms with E-state index in [0.717, 1.165) is 28.0 Å². The third kappa shape index (κ3) is 4.92. The Morgan fingerprint density at radius 3 is 2.36 bits per heavy atom. The Morgan fingerprint density at radius 2 is 1.64 bits per heavy atom. The Hall–Kier alpha value is -4.57. The first-order chi connectivity index (χ1) is 22.7. The van der Waals surface area contributed by atoms with E-state index in [2.05, 4.69) is 37.2 Å². The van der Waals surface area contributed by atoms with E-state index in [1.165, 1.54) is 9.87 Å². The van der Waals surface area contributed by atoms with Gasteiger partial charge in [0.05, 0.1) is 50.8 Å². The molecule has 1 spiro atoms. The number of aromatic nitrogens is 2. The Morgan fingerprint density at radius 1 is 0.936 bits per heavy atom. The van der Waals surface area contributed by atoms with Crippen molar-refractivity contribution in [3.05, 3.63) is 125 Å². The first-order valence-corrected chi connectivity index (χ1v) is 19.2. The summed E-state index contributed by atoms with van der Waals surface area (Å²) in [6.07, 6.45) is 1.88. The van der Waals surface area contributed by atoms with Gasteiger partial charge in [-0.15, -0.1) is 0 Å². The number of methoxy groups -OCH3 is 1. The molecule has 2 aliphatic rings. The van der Waals surface area contributed by atoms with Crippen molar-refractivity contribution < 1.29 is 19.4 Å². The number of benzene rings is 4. The van der Waals surface area contributed by atoms with Gasteiger partial charge in [0, 0.05) is 23.5 Å². The number of rotatable bonds is 8. The summed E-state index contributed by atoms with van der Waals surface area (Å²) in [5.74, 6) is 0.601. The SMILES string of the molecule is COc1ccc([Si](C)(C)[C@@H]2[C@@H](CCO)O[C@]3(C(=O)N(Cc4ccc(-n5ncc6ccccc6c5=O)cc4)c4ccccc43)[C@H]2C)cc1. The van der Waals surface area contributed by atoms with E-state index in [0.29, 0.717) is 24.0 Å². The summed E-state index contributed by atoms with van der Waals surface area (Å²) in [6, 6.07) is 31.2. The topological polar surface area (TPSA) is 93.9 Å². The van der Waals surface area contributed by atoms with Crippen LogP contribution >= 0.6 is 0 Å². The van der Waals surface area contributed by atoms with E-state index in [9.17, 15) is 14.7 Å². The Labute approximate surface area is 275 Å². The highest BCUT2D eigenvalue weighted by Crippen LogP contribution is 2.60. The molecule has 5 aromatic rings. The number of ether oxygens (including phenoxy) is 2. The summed E-state index contributed by atoms with van der Waals surface area (Å²) in [4.78, 5) is 29.8. The molecule has 2 aliphatic heterocycles. The number of anilines is 1. The van der Waals surface area contributed by atoms with E-state index < -0.39 is 13.7 Å². The summed E-state index contributed by atoms with van der Waals surface area (Å²) in [7, 11) is -0.578. The van der Waals surface area contributed by atoms with Crippen LogP contribution in [-0.4, -0.2) is 48.7 Å². The molecular weight excluding hydrogens is 607 g/mol. The Kier molecular flexibility index (Phi) is 7.86. The molecule has 0 radical (unpaired) electrons. The van der Waals surface area contributed by atoms with Gasteiger partial charge in [-0.2, -0.15) is 9.78 Å². The third-order valence-corrected chi connectivity index (χ3v) is 14.7. The maximum Gasteiger partial charge on any atom is 0.279 e. The minimum Gasteiger partial charge on any atom is -0.497 e. The molecule has 0 aliphatic carbocycles. The fourth-order valence-electron chi connectivity index (χ4n) is 8.02. The molecule has 240 valence electrons. The molecular formula is C38H39N3O5Si. The number of para-hydroxylation sites is 1. The summed E-state index contributed by atoms with van der Waals surface area (Å²) < 4.78 is 13.8. The average Bonchev–Trinajstić information content (AvgIpc) is 3.52. The molecule has 1 saturated heterocycles. The molecule has 0 saturated carbocycles. The summed E-state index contributed by atoms with van der Waals surface area (Å²) >= 11 is 0. The fourth-order valence-corrected chi connectivity index (χ4v) is 12.1. The standard InChI is InChI=1S/C38H39N3O5Si/c1-25-35(47(3,4)30-19-17-29(45-2)18-20-30)34(21-22-42)46-38(25)32-11-7-8-12-33(32)40(37(38)44)24-26-13-15-28(16-14-26)41-36(43)31-10-6-5-9-27(31)23-39-41/h5-20,23,25,34-35,42H,21-22,24H2,1-4H3/t25-,34+,35-,38+/m0/s1. The molecule has 0 bridgehead atoms. The summed E-state index contributed by atoms with van der Waals surface area (Å²) in [5, 5.41) is 17.2. The van der Waals surface area contributed by atoms with Crippen molar-refractivity contribution in [2.24, 2.45) is 5.92 Å². The Balaban J connectivity index is 1.22. The van der Waals surface area contributed by atoms with Crippen molar-refractivity contribution in [2.45, 2.75) is 50.2 Å². The van der Waals surface area contributed by atoms with Crippen LogP contribution in [0.5, 0.6) is 5.75 Å². The van der Waals surface area contributed by atoms with Gasteiger partial charge in [-0.1, -0.05) is 85.9 Å². The van der Waals surface area contributed by atoms with Gasteiger partial charge in [-0.3, -0.25) is 9.59 Å². The molecule has 1 aromatic heterocycles. The van der Waals surface area contributed by atoms with Crippen LogP contribution in [0, 0.1) is 5.92 Å². The van der Waals surface area contributed by atoms with Gasteiger partial charge in [0.2, 0.25) is 0 Å². The monoisotopic (exact) mass is 645 g/mol. The lowest BCUT2D eigenvalue weighted by Gasteiger charge is -2.37. The molecule has 1 amide bonds. The van der Waals surface area contributed by atoms with E-state index in [-0.39, 0.29) is 35.6 Å². The zero-order valence-corrected chi connectivity index (χ0v) is 28.1. The molecule has 7 rings (SSSR count). The summed E-state index contributed by atoms with van der Waals surface area (Å²) in [6.45, 7) is 7.16. The second kappa shape index (κ2) is 11.9. The zero-order valence-electron chi connectivity index (χ0n) is 27.1. The molecule has 8 nitrogen and oxygen atoms in total. The van der Waals surface area contributed by atoms with E-state index in [1.807, 2.05) is 83.8 Å². The highest BCUT2D eigenvalue weighted by atomic mass is 28.3. The van der Waals surface area contributed by atoms with E-state index in [4.69, 9.17) is 9.47 Å².